The van der Waals surface area contributed by atoms with Gasteiger partial charge in [0.15, 0.2) is 0 Å². The summed E-state index contributed by atoms with van der Waals surface area (Å²) in [6.45, 7) is -0.0137. The number of anilines is 6. The van der Waals surface area contributed by atoms with Crippen molar-refractivity contribution in [3.8, 4) is 55.6 Å². The molecule has 11 aromatic carbocycles. The first-order valence-electron chi connectivity index (χ1n) is 26.9. The maximum Gasteiger partial charge on any atom is 0.338 e. The highest BCUT2D eigenvalue weighted by Gasteiger charge is 2.45. The Morgan fingerprint density at radius 1 is 0.364 bits per heavy atom. The van der Waals surface area contributed by atoms with Crippen molar-refractivity contribution in [1.29, 1.82) is 0 Å². The molecule has 77 heavy (non-hydrogen) atoms. The summed E-state index contributed by atoms with van der Waals surface area (Å²) in [5, 5.41) is 0. The molecule has 0 unspecified atom stereocenters. The number of benzene rings is 11. The molecule has 366 valence electrons. The SMILES string of the molecule is O=C(OCc1ccccc1)c1cc2c3c(c1)N(c1cc(-c4ccccc4)cc(-c4ccccc4)c1)c1cc4c(cc1B3c1ccc(-c3ccccc3)cc1N2c1cc(-c2ccccc2)cc(-c2ccccc2)c1)CCCC4. The molecule has 2 heterocycles. The normalized spacial score (nSPS) is 13.0. The van der Waals surface area contributed by atoms with Crippen molar-refractivity contribution < 1.29 is 9.53 Å². The summed E-state index contributed by atoms with van der Waals surface area (Å²) in [4.78, 5) is 20.1. The highest BCUT2D eigenvalue weighted by Crippen LogP contribution is 2.49. The van der Waals surface area contributed by atoms with Crippen LogP contribution in [-0.4, -0.2) is 12.7 Å². The van der Waals surface area contributed by atoms with Crippen molar-refractivity contribution in [3.05, 3.63) is 283 Å². The minimum absolute atomic E-state index is 0.152. The van der Waals surface area contributed by atoms with E-state index in [1.165, 1.54) is 28.5 Å². The van der Waals surface area contributed by atoms with Gasteiger partial charge in [-0.05, 0) is 175 Å². The van der Waals surface area contributed by atoms with Gasteiger partial charge >= 0.3 is 5.97 Å². The lowest BCUT2D eigenvalue weighted by atomic mass is 9.33. The highest BCUT2D eigenvalue weighted by molar-refractivity contribution is 7.00. The van der Waals surface area contributed by atoms with Crippen LogP contribution in [0.5, 0.6) is 0 Å². The molecule has 0 N–H and O–H groups in total. The zero-order valence-electron chi connectivity index (χ0n) is 42.6. The highest BCUT2D eigenvalue weighted by atomic mass is 16.5. The van der Waals surface area contributed by atoms with E-state index < -0.39 is 0 Å². The molecule has 0 aromatic heterocycles. The molecule has 1 aliphatic carbocycles. The smallest absolute Gasteiger partial charge is 0.338 e. The lowest BCUT2D eigenvalue weighted by molar-refractivity contribution is 0.0473. The fourth-order valence-corrected chi connectivity index (χ4v) is 12.2. The predicted octanol–water partition coefficient (Wildman–Crippen LogP) is 16.3. The number of carbonyl (C=O) groups is 1. The number of carbonyl (C=O) groups excluding carboxylic acids is 1. The second-order valence-electron chi connectivity index (χ2n) is 20.6. The molecule has 0 bridgehead atoms. The Bertz CT molecular complexity index is 3880. The van der Waals surface area contributed by atoms with E-state index in [0.29, 0.717) is 5.56 Å². The minimum Gasteiger partial charge on any atom is -0.457 e. The number of aryl methyl sites for hydroxylation is 2. The van der Waals surface area contributed by atoms with E-state index in [2.05, 4.69) is 240 Å². The van der Waals surface area contributed by atoms with Gasteiger partial charge in [0.1, 0.15) is 6.61 Å². The zero-order valence-corrected chi connectivity index (χ0v) is 42.6. The van der Waals surface area contributed by atoms with E-state index in [0.717, 1.165) is 120 Å². The summed E-state index contributed by atoms with van der Waals surface area (Å²) < 4.78 is 6.35. The Balaban J connectivity index is 1.09. The first-order chi connectivity index (χ1) is 38.1. The molecule has 0 fully saturated rings. The van der Waals surface area contributed by atoms with E-state index >= 15 is 4.79 Å². The molecular weight excluding hydrogens is 936 g/mol. The number of ether oxygens (including phenoxy) is 1. The average Bonchev–Trinajstić information content (AvgIpc) is 3.52. The maximum absolute atomic E-state index is 15.2. The van der Waals surface area contributed by atoms with Crippen LogP contribution in [0.2, 0.25) is 0 Å². The maximum atomic E-state index is 15.2. The van der Waals surface area contributed by atoms with E-state index in [1.807, 2.05) is 30.3 Å². The molecule has 5 heteroatoms. The predicted molar refractivity (Wildman–Crippen MR) is 320 cm³/mol. The number of esters is 1. The molecular formula is C72H53BN2O2. The summed E-state index contributed by atoms with van der Waals surface area (Å²) in [5.74, 6) is -0.379. The first kappa shape index (κ1) is 46.1. The standard InChI is InChI=1S/C72H53BN2O2/c76-72(77-48-49-21-7-1-8-22-49)62-46-69-71-70(47-62)75(64-41-60(53-29-15-5-16-30-53)38-61(42-64)54-31-17-6-18-32-54)68-44-56-34-20-19-33-55(56)43-66(68)73(71)65-36-35-57(50-23-9-2-10-24-50)45-67(65)74(69)63-39-58(51-25-11-3-12-26-51)37-59(40-63)52-27-13-4-14-28-52/h1-18,21-32,35-47H,19-20,33-34,48H2. The lowest BCUT2D eigenvalue weighted by Crippen LogP contribution is -2.61. The largest absolute Gasteiger partial charge is 0.457 e. The van der Waals surface area contributed by atoms with Crippen molar-refractivity contribution in [3.63, 3.8) is 0 Å². The van der Waals surface area contributed by atoms with Gasteiger partial charge in [-0.25, -0.2) is 4.79 Å². The third-order valence-corrected chi connectivity index (χ3v) is 15.9. The van der Waals surface area contributed by atoms with Crippen LogP contribution < -0.4 is 26.2 Å². The molecule has 0 saturated heterocycles. The Morgan fingerprint density at radius 3 is 1.22 bits per heavy atom. The molecule has 0 radical (unpaired) electrons. The Morgan fingerprint density at radius 2 is 0.766 bits per heavy atom. The van der Waals surface area contributed by atoms with Crippen LogP contribution in [0.3, 0.4) is 0 Å². The summed E-state index contributed by atoms with van der Waals surface area (Å²) in [6, 6.07) is 93.7. The van der Waals surface area contributed by atoms with Crippen LogP contribution in [-0.2, 0) is 24.2 Å². The number of hydrogen-bond donors (Lipinski definition) is 0. The van der Waals surface area contributed by atoms with Crippen molar-refractivity contribution in [2.24, 2.45) is 0 Å². The van der Waals surface area contributed by atoms with Crippen molar-refractivity contribution in [2.75, 3.05) is 9.80 Å². The van der Waals surface area contributed by atoms with Gasteiger partial charge in [0.25, 0.3) is 6.71 Å². The molecule has 0 saturated carbocycles. The van der Waals surface area contributed by atoms with Crippen LogP contribution in [0.25, 0.3) is 55.6 Å². The molecule has 0 amide bonds. The van der Waals surface area contributed by atoms with Crippen LogP contribution in [0, 0.1) is 0 Å². The Kier molecular flexibility index (Phi) is 11.8. The monoisotopic (exact) mass is 988 g/mol. The average molecular weight is 989 g/mol. The molecule has 3 aliphatic rings. The third-order valence-electron chi connectivity index (χ3n) is 15.9. The van der Waals surface area contributed by atoms with Gasteiger partial charge in [0, 0.05) is 34.1 Å². The van der Waals surface area contributed by atoms with Crippen molar-refractivity contribution in [1.82, 2.24) is 0 Å². The summed E-state index contributed by atoms with van der Waals surface area (Å²) in [7, 11) is 0. The molecule has 0 atom stereocenters. The Hall–Kier alpha value is -9.45. The number of fused-ring (bicyclic) bond motifs is 5. The van der Waals surface area contributed by atoms with E-state index in [1.54, 1.807) is 0 Å². The van der Waals surface area contributed by atoms with Gasteiger partial charge in [-0.1, -0.05) is 200 Å². The van der Waals surface area contributed by atoms with Gasteiger partial charge < -0.3 is 14.5 Å². The molecule has 0 spiro atoms. The van der Waals surface area contributed by atoms with Crippen LogP contribution in [0.4, 0.5) is 34.1 Å². The van der Waals surface area contributed by atoms with Crippen LogP contribution >= 0.6 is 0 Å². The molecule has 14 rings (SSSR count). The minimum atomic E-state index is -0.379. The fourth-order valence-electron chi connectivity index (χ4n) is 12.2. The van der Waals surface area contributed by atoms with Crippen molar-refractivity contribution >= 4 is 63.2 Å². The fraction of sp³-hybridized carbons (Fsp3) is 0.0694. The molecule has 11 aromatic rings. The van der Waals surface area contributed by atoms with E-state index in [9.17, 15) is 0 Å². The van der Waals surface area contributed by atoms with E-state index in [-0.39, 0.29) is 19.3 Å². The van der Waals surface area contributed by atoms with Gasteiger partial charge in [0.05, 0.1) is 5.56 Å². The quantitative estimate of drug-likeness (QED) is 0.101. The Labute approximate surface area is 451 Å². The van der Waals surface area contributed by atoms with Gasteiger partial charge in [-0.3, -0.25) is 0 Å². The summed E-state index contributed by atoms with van der Waals surface area (Å²) >= 11 is 0. The lowest BCUT2D eigenvalue weighted by Gasteiger charge is -2.45. The summed E-state index contributed by atoms with van der Waals surface area (Å²) in [6.07, 6.45) is 4.39. The van der Waals surface area contributed by atoms with Crippen LogP contribution in [0.1, 0.15) is 39.9 Å². The second-order valence-corrected chi connectivity index (χ2v) is 20.6. The summed E-state index contributed by atoms with van der Waals surface area (Å²) in [5.41, 5.74) is 25.2. The zero-order chi connectivity index (χ0) is 51.2. The second kappa shape index (κ2) is 19.7. The van der Waals surface area contributed by atoms with Gasteiger partial charge in [-0.2, -0.15) is 0 Å². The van der Waals surface area contributed by atoms with Crippen molar-refractivity contribution in [2.45, 2.75) is 32.3 Å². The van der Waals surface area contributed by atoms with E-state index in [4.69, 9.17) is 4.74 Å². The van der Waals surface area contributed by atoms with Gasteiger partial charge in [-0.15, -0.1) is 0 Å². The first-order valence-corrected chi connectivity index (χ1v) is 26.9. The van der Waals surface area contributed by atoms with Crippen LogP contribution in [0.15, 0.2) is 261 Å². The third kappa shape index (κ3) is 8.60. The van der Waals surface area contributed by atoms with Gasteiger partial charge in [0.2, 0.25) is 0 Å². The number of hydrogen-bond acceptors (Lipinski definition) is 4. The number of rotatable bonds is 10. The topological polar surface area (TPSA) is 32.8 Å². The number of nitrogens with zero attached hydrogens (tertiary/aromatic N) is 2. The molecule has 2 aliphatic heterocycles. The molecule has 4 nitrogen and oxygen atoms in total.